The Morgan fingerprint density at radius 1 is 1.17 bits per heavy atom. The first-order chi connectivity index (χ1) is 8.76. The maximum atomic E-state index is 5.56. The van der Waals surface area contributed by atoms with Crippen LogP contribution in [0.4, 0.5) is 5.95 Å². The molecule has 0 fully saturated rings. The Balaban J connectivity index is 2.12. The average Bonchev–Trinajstić information content (AvgIpc) is 2.77. The Morgan fingerprint density at radius 2 is 2.00 bits per heavy atom. The molecule has 2 heterocycles. The van der Waals surface area contributed by atoms with Crippen LogP contribution in [-0.4, -0.2) is 21.7 Å². The van der Waals surface area contributed by atoms with Crippen LogP contribution >= 0.6 is 0 Å². The van der Waals surface area contributed by atoms with Crippen molar-refractivity contribution < 1.29 is 4.74 Å². The number of aromatic nitrogens is 3. The highest BCUT2D eigenvalue weighted by molar-refractivity contribution is 5.68. The molecule has 3 rings (SSSR count). The zero-order chi connectivity index (χ0) is 12.5. The molecule has 0 spiro atoms. The molecule has 0 unspecified atom stereocenters. The summed E-state index contributed by atoms with van der Waals surface area (Å²) in [5.74, 6) is 1.10. The van der Waals surface area contributed by atoms with E-state index < -0.39 is 0 Å². The van der Waals surface area contributed by atoms with Crippen LogP contribution in [0, 0.1) is 0 Å². The summed E-state index contributed by atoms with van der Waals surface area (Å²) in [5, 5.41) is 4.04. The summed E-state index contributed by atoms with van der Waals surface area (Å²) < 4.78 is 6.87. The van der Waals surface area contributed by atoms with E-state index in [1.54, 1.807) is 11.6 Å². The molecule has 0 radical (unpaired) electrons. The fraction of sp³-hybridized carbons (Fsp3) is 0.0769. The molecule has 5 nitrogen and oxygen atoms in total. The Labute approximate surface area is 104 Å². The van der Waals surface area contributed by atoms with Gasteiger partial charge in [-0.05, 0) is 35.4 Å². The number of hydrogen-bond acceptors (Lipinski definition) is 4. The van der Waals surface area contributed by atoms with E-state index in [9.17, 15) is 0 Å². The lowest BCUT2D eigenvalue weighted by Crippen LogP contribution is -1.89. The van der Waals surface area contributed by atoms with Crippen molar-refractivity contribution in [3.63, 3.8) is 0 Å². The van der Waals surface area contributed by atoms with E-state index in [0.717, 1.165) is 22.5 Å². The molecule has 0 aliphatic heterocycles. The zero-order valence-electron chi connectivity index (χ0n) is 9.87. The van der Waals surface area contributed by atoms with E-state index in [1.807, 2.05) is 42.6 Å². The minimum Gasteiger partial charge on any atom is -0.497 e. The Kier molecular flexibility index (Phi) is 2.37. The molecule has 0 aliphatic carbocycles. The third kappa shape index (κ3) is 1.75. The highest BCUT2D eigenvalue weighted by Gasteiger charge is 2.04. The summed E-state index contributed by atoms with van der Waals surface area (Å²) in [5.41, 5.74) is 8.41. The Morgan fingerprint density at radius 3 is 2.83 bits per heavy atom. The van der Waals surface area contributed by atoms with Gasteiger partial charge in [-0.3, -0.25) is 0 Å². The highest BCUT2D eigenvalue weighted by atomic mass is 16.5. The lowest BCUT2D eigenvalue weighted by atomic mass is 10.1. The number of nitrogens with zero attached hydrogens (tertiary/aromatic N) is 3. The predicted octanol–water partition coefficient (Wildman–Crippen LogP) is 1.99. The molecular formula is C13H12N4O. The molecule has 3 aromatic rings. The summed E-state index contributed by atoms with van der Waals surface area (Å²) in [6.45, 7) is 0. The van der Waals surface area contributed by atoms with E-state index in [1.165, 1.54) is 0 Å². The fourth-order valence-corrected chi connectivity index (χ4v) is 1.88. The predicted molar refractivity (Wildman–Crippen MR) is 69.4 cm³/mol. The maximum absolute atomic E-state index is 5.56. The summed E-state index contributed by atoms with van der Waals surface area (Å²) >= 11 is 0. The Bertz CT molecular complexity index is 705. The van der Waals surface area contributed by atoms with Gasteiger partial charge in [-0.2, -0.15) is 4.98 Å². The largest absolute Gasteiger partial charge is 0.497 e. The lowest BCUT2D eigenvalue weighted by molar-refractivity contribution is 0.415. The standard InChI is InChI=1S/C13H12N4O/c1-18-11-4-2-3-9(7-11)10-5-6-17-12(8-10)15-13(14)16-17/h2-8H,1H3,(H2,14,16). The molecule has 0 saturated heterocycles. The SMILES string of the molecule is COc1cccc(-c2ccn3nc(N)nc3c2)c1. The number of ether oxygens (including phenoxy) is 1. The van der Waals surface area contributed by atoms with Crippen molar-refractivity contribution in [2.24, 2.45) is 0 Å². The summed E-state index contributed by atoms with van der Waals surface area (Å²) in [6.07, 6.45) is 1.84. The highest BCUT2D eigenvalue weighted by Crippen LogP contribution is 2.24. The summed E-state index contributed by atoms with van der Waals surface area (Å²) in [7, 11) is 1.65. The van der Waals surface area contributed by atoms with Crippen molar-refractivity contribution in [2.45, 2.75) is 0 Å². The van der Waals surface area contributed by atoms with Crippen molar-refractivity contribution in [2.75, 3.05) is 12.8 Å². The molecule has 0 amide bonds. The van der Waals surface area contributed by atoms with Crippen molar-refractivity contribution in [1.82, 2.24) is 14.6 Å². The minimum absolute atomic E-state index is 0.276. The van der Waals surface area contributed by atoms with E-state index in [0.29, 0.717) is 0 Å². The number of methoxy groups -OCH3 is 1. The number of hydrogen-bond donors (Lipinski definition) is 1. The molecule has 90 valence electrons. The fourth-order valence-electron chi connectivity index (χ4n) is 1.88. The molecule has 2 aromatic heterocycles. The van der Waals surface area contributed by atoms with Crippen LogP contribution in [-0.2, 0) is 0 Å². The van der Waals surface area contributed by atoms with Gasteiger partial charge in [0, 0.05) is 6.20 Å². The first-order valence-electron chi connectivity index (χ1n) is 5.52. The van der Waals surface area contributed by atoms with Crippen molar-refractivity contribution >= 4 is 11.6 Å². The molecule has 2 N–H and O–H groups in total. The molecule has 0 aliphatic rings. The second kappa shape index (κ2) is 4.03. The van der Waals surface area contributed by atoms with Crippen LogP contribution < -0.4 is 10.5 Å². The molecule has 0 bridgehead atoms. The van der Waals surface area contributed by atoms with E-state index in [4.69, 9.17) is 10.5 Å². The van der Waals surface area contributed by atoms with Crippen LogP contribution in [0.25, 0.3) is 16.8 Å². The van der Waals surface area contributed by atoms with Crippen LogP contribution in [0.2, 0.25) is 0 Å². The third-order valence-electron chi connectivity index (χ3n) is 2.76. The number of pyridine rings is 1. The topological polar surface area (TPSA) is 65.4 Å². The van der Waals surface area contributed by atoms with Gasteiger partial charge in [-0.1, -0.05) is 12.1 Å². The van der Waals surface area contributed by atoms with Gasteiger partial charge in [0.05, 0.1) is 7.11 Å². The number of nitrogens with two attached hydrogens (primary N) is 1. The molecular weight excluding hydrogens is 228 g/mol. The van der Waals surface area contributed by atoms with Gasteiger partial charge in [-0.25, -0.2) is 4.52 Å². The third-order valence-corrected chi connectivity index (χ3v) is 2.76. The summed E-state index contributed by atoms with van der Waals surface area (Å²) in [6, 6.07) is 11.8. The number of fused-ring (bicyclic) bond motifs is 1. The smallest absolute Gasteiger partial charge is 0.240 e. The molecule has 18 heavy (non-hydrogen) atoms. The van der Waals surface area contributed by atoms with Crippen LogP contribution in [0.5, 0.6) is 5.75 Å². The van der Waals surface area contributed by atoms with Gasteiger partial charge in [-0.15, -0.1) is 5.10 Å². The number of nitrogen functional groups attached to an aromatic ring is 1. The number of anilines is 1. The van der Waals surface area contributed by atoms with E-state index in [-0.39, 0.29) is 5.95 Å². The number of benzene rings is 1. The Hall–Kier alpha value is -2.56. The average molecular weight is 240 g/mol. The van der Waals surface area contributed by atoms with Crippen molar-refractivity contribution in [3.8, 4) is 16.9 Å². The van der Waals surface area contributed by atoms with Gasteiger partial charge in [0.1, 0.15) is 5.75 Å². The normalized spacial score (nSPS) is 10.7. The second-order valence-corrected chi connectivity index (χ2v) is 3.92. The van der Waals surface area contributed by atoms with Gasteiger partial charge in [0.15, 0.2) is 5.65 Å². The van der Waals surface area contributed by atoms with Gasteiger partial charge >= 0.3 is 0 Å². The van der Waals surface area contributed by atoms with Crippen molar-refractivity contribution in [1.29, 1.82) is 0 Å². The first kappa shape index (κ1) is 10.6. The number of rotatable bonds is 2. The first-order valence-corrected chi connectivity index (χ1v) is 5.52. The molecule has 0 atom stereocenters. The van der Waals surface area contributed by atoms with E-state index >= 15 is 0 Å². The summed E-state index contributed by atoms with van der Waals surface area (Å²) in [4.78, 5) is 4.14. The lowest BCUT2D eigenvalue weighted by Gasteiger charge is -2.04. The zero-order valence-corrected chi connectivity index (χ0v) is 9.87. The minimum atomic E-state index is 0.276. The maximum Gasteiger partial charge on any atom is 0.240 e. The van der Waals surface area contributed by atoms with Crippen molar-refractivity contribution in [3.05, 3.63) is 42.6 Å². The van der Waals surface area contributed by atoms with Gasteiger partial charge < -0.3 is 10.5 Å². The van der Waals surface area contributed by atoms with Gasteiger partial charge in [0.25, 0.3) is 0 Å². The molecule has 5 heteroatoms. The van der Waals surface area contributed by atoms with E-state index in [2.05, 4.69) is 10.1 Å². The molecule has 0 saturated carbocycles. The molecule has 1 aromatic carbocycles. The van der Waals surface area contributed by atoms with Crippen LogP contribution in [0.3, 0.4) is 0 Å². The monoisotopic (exact) mass is 240 g/mol. The second-order valence-electron chi connectivity index (χ2n) is 3.92. The van der Waals surface area contributed by atoms with Crippen LogP contribution in [0.15, 0.2) is 42.6 Å². The quantitative estimate of drug-likeness (QED) is 0.744. The van der Waals surface area contributed by atoms with Crippen LogP contribution in [0.1, 0.15) is 0 Å². The van der Waals surface area contributed by atoms with Gasteiger partial charge in [0.2, 0.25) is 5.95 Å².